The lowest BCUT2D eigenvalue weighted by Crippen LogP contribution is -2.41. The van der Waals surface area contributed by atoms with Crippen LogP contribution in [0.25, 0.3) is 11.4 Å². The highest BCUT2D eigenvalue weighted by Crippen LogP contribution is 2.31. The van der Waals surface area contributed by atoms with Crippen molar-refractivity contribution in [1.82, 2.24) is 19.5 Å². The molecular weight excluding hydrogens is 404 g/mol. The molecule has 3 aromatic rings. The van der Waals surface area contributed by atoms with Crippen molar-refractivity contribution >= 4 is 17.5 Å². The lowest BCUT2D eigenvalue weighted by Gasteiger charge is -2.34. The maximum atomic E-state index is 13.7. The first-order chi connectivity index (χ1) is 13.9. The first kappa shape index (κ1) is 19.4. The maximum absolute atomic E-state index is 13.7. The molecule has 1 fully saturated rings. The van der Waals surface area contributed by atoms with Gasteiger partial charge >= 0.3 is 0 Å². The number of hydrogen-bond acceptors (Lipinski definition) is 6. The summed E-state index contributed by atoms with van der Waals surface area (Å²) in [6.45, 7) is 1.02. The van der Waals surface area contributed by atoms with E-state index >= 15 is 0 Å². The molecule has 0 spiro atoms. The molecule has 1 aliphatic heterocycles. The molecule has 0 unspecified atom stereocenters. The molecule has 29 heavy (non-hydrogen) atoms. The van der Waals surface area contributed by atoms with Crippen LogP contribution in [0.15, 0.2) is 41.6 Å². The fourth-order valence-corrected chi connectivity index (χ4v) is 3.46. The molecule has 0 saturated carbocycles. The van der Waals surface area contributed by atoms with Gasteiger partial charge in [0.2, 0.25) is 5.95 Å². The highest BCUT2D eigenvalue weighted by Gasteiger charge is 2.27. The number of hydrogen-bond donors (Lipinski definition) is 0. The van der Waals surface area contributed by atoms with Gasteiger partial charge in [-0.3, -0.25) is 9.36 Å². The third kappa shape index (κ3) is 3.83. The van der Waals surface area contributed by atoms with Gasteiger partial charge in [-0.2, -0.15) is 0 Å². The number of halogens is 3. The van der Waals surface area contributed by atoms with Crippen molar-refractivity contribution in [3.63, 3.8) is 0 Å². The lowest BCUT2D eigenvalue weighted by atomic mass is 10.1. The van der Waals surface area contributed by atoms with Gasteiger partial charge in [0.05, 0.1) is 24.5 Å². The van der Waals surface area contributed by atoms with Crippen molar-refractivity contribution in [2.75, 3.05) is 24.6 Å². The Hall–Kier alpha value is -2.91. The van der Waals surface area contributed by atoms with E-state index in [-0.39, 0.29) is 17.1 Å². The average Bonchev–Trinajstić information content (AvgIpc) is 2.73. The van der Waals surface area contributed by atoms with Crippen LogP contribution in [0.1, 0.15) is 11.7 Å². The topological polar surface area (TPSA) is 73.1 Å². The van der Waals surface area contributed by atoms with E-state index < -0.39 is 17.7 Å². The molecule has 1 aliphatic rings. The highest BCUT2D eigenvalue weighted by atomic mass is 35.5. The second-order valence-electron chi connectivity index (χ2n) is 6.53. The third-order valence-electron chi connectivity index (χ3n) is 4.69. The summed E-state index contributed by atoms with van der Waals surface area (Å²) in [5.41, 5.74) is 1.02. The number of rotatable bonds is 3. The van der Waals surface area contributed by atoms with E-state index in [0.29, 0.717) is 36.1 Å². The van der Waals surface area contributed by atoms with Crippen LogP contribution in [0.3, 0.4) is 0 Å². The Kier molecular flexibility index (Phi) is 5.25. The molecule has 0 amide bonds. The summed E-state index contributed by atoms with van der Waals surface area (Å²) in [6, 6.07) is 5.03. The molecule has 4 rings (SSSR count). The molecule has 1 saturated heterocycles. The van der Waals surface area contributed by atoms with Gasteiger partial charge in [-0.05, 0) is 18.2 Å². The smallest absolute Gasteiger partial charge is 0.255 e. The summed E-state index contributed by atoms with van der Waals surface area (Å²) in [5.74, 6) is -1.60. The molecule has 0 aliphatic carbocycles. The molecule has 2 aromatic heterocycles. The Morgan fingerprint density at radius 3 is 2.76 bits per heavy atom. The molecule has 7 nitrogen and oxygen atoms in total. The van der Waals surface area contributed by atoms with Crippen LogP contribution in [0.4, 0.5) is 14.7 Å². The normalized spacial score (nSPS) is 16.8. The Bertz CT molecular complexity index is 1110. The molecule has 0 N–H and O–H groups in total. The van der Waals surface area contributed by atoms with Crippen molar-refractivity contribution in [2.24, 2.45) is 7.05 Å². The SMILES string of the molecule is Cn1c(N2CCO[C@H](c3cc(F)c(F)cc3Cl)C2)nc(-c2ccncn2)cc1=O. The fourth-order valence-electron chi connectivity index (χ4n) is 3.19. The van der Waals surface area contributed by atoms with Gasteiger partial charge in [0.15, 0.2) is 11.6 Å². The van der Waals surface area contributed by atoms with E-state index in [4.69, 9.17) is 16.3 Å². The van der Waals surface area contributed by atoms with Gasteiger partial charge in [-0.1, -0.05) is 11.6 Å². The van der Waals surface area contributed by atoms with E-state index in [0.717, 1.165) is 12.1 Å². The van der Waals surface area contributed by atoms with Gasteiger partial charge in [-0.25, -0.2) is 23.7 Å². The predicted octanol–water partition coefficient (Wildman–Crippen LogP) is 2.75. The van der Waals surface area contributed by atoms with E-state index in [1.54, 1.807) is 19.3 Å². The molecule has 150 valence electrons. The van der Waals surface area contributed by atoms with Gasteiger partial charge in [-0.15, -0.1) is 0 Å². The van der Waals surface area contributed by atoms with Gasteiger partial charge < -0.3 is 9.64 Å². The number of nitrogens with zero attached hydrogens (tertiary/aromatic N) is 5. The first-order valence-corrected chi connectivity index (χ1v) is 9.17. The number of anilines is 1. The Morgan fingerprint density at radius 1 is 1.21 bits per heavy atom. The van der Waals surface area contributed by atoms with Gasteiger partial charge in [0, 0.05) is 36.4 Å². The van der Waals surface area contributed by atoms with Crippen LogP contribution < -0.4 is 10.5 Å². The van der Waals surface area contributed by atoms with Crippen LogP contribution in [-0.4, -0.2) is 39.2 Å². The summed E-state index contributed by atoms with van der Waals surface area (Å²) in [6.07, 6.45) is 2.34. The van der Waals surface area contributed by atoms with Crippen LogP contribution in [0.2, 0.25) is 5.02 Å². The zero-order chi connectivity index (χ0) is 20.5. The summed E-state index contributed by atoms with van der Waals surface area (Å²) < 4.78 is 34.3. The summed E-state index contributed by atoms with van der Waals surface area (Å²) in [7, 11) is 1.61. The van der Waals surface area contributed by atoms with Crippen LogP contribution in [-0.2, 0) is 11.8 Å². The highest BCUT2D eigenvalue weighted by molar-refractivity contribution is 6.31. The third-order valence-corrected chi connectivity index (χ3v) is 5.02. The minimum absolute atomic E-state index is 0.0762. The molecule has 1 aromatic carbocycles. The van der Waals surface area contributed by atoms with Crippen molar-refractivity contribution in [2.45, 2.75) is 6.10 Å². The van der Waals surface area contributed by atoms with Crippen molar-refractivity contribution in [1.29, 1.82) is 0 Å². The van der Waals surface area contributed by atoms with Crippen LogP contribution >= 0.6 is 11.6 Å². The Balaban J connectivity index is 1.69. The summed E-state index contributed by atoms with van der Waals surface area (Å²) in [4.78, 5) is 26.9. The maximum Gasteiger partial charge on any atom is 0.255 e. The van der Waals surface area contributed by atoms with E-state index in [9.17, 15) is 13.6 Å². The Morgan fingerprint density at radius 2 is 2.00 bits per heavy atom. The molecule has 1 atom stereocenters. The molecule has 0 bridgehead atoms. The number of aromatic nitrogens is 4. The van der Waals surface area contributed by atoms with Gasteiger partial charge in [0.25, 0.3) is 5.56 Å². The lowest BCUT2D eigenvalue weighted by molar-refractivity contribution is 0.0388. The van der Waals surface area contributed by atoms with E-state index in [1.807, 2.05) is 4.90 Å². The number of ether oxygens (including phenoxy) is 1. The quantitative estimate of drug-likeness (QED) is 0.608. The number of morpholine rings is 1. The summed E-state index contributed by atoms with van der Waals surface area (Å²) >= 11 is 6.10. The standard InChI is InChI=1S/C19H16ClF2N5O2/c1-26-18(28)8-16(15-2-3-23-10-24-15)25-19(26)27-4-5-29-17(9-27)11-6-13(21)14(22)7-12(11)20/h2-3,6-8,10,17H,4-5,9H2,1H3/t17-/m0/s1. The molecule has 0 radical (unpaired) electrons. The van der Waals surface area contributed by atoms with Gasteiger partial charge in [0.1, 0.15) is 12.4 Å². The fraction of sp³-hybridized carbons (Fsp3) is 0.263. The van der Waals surface area contributed by atoms with Crippen LogP contribution in [0.5, 0.6) is 0 Å². The molecule has 3 heterocycles. The Labute approximate surface area is 169 Å². The largest absolute Gasteiger partial charge is 0.370 e. The second kappa shape index (κ2) is 7.84. The first-order valence-electron chi connectivity index (χ1n) is 8.79. The second-order valence-corrected chi connectivity index (χ2v) is 6.93. The zero-order valence-electron chi connectivity index (χ0n) is 15.3. The zero-order valence-corrected chi connectivity index (χ0v) is 16.1. The van der Waals surface area contributed by atoms with Crippen molar-refractivity contribution < 1.29 is 13.5 Å². The average molecular weight is 420 g/mol. The predicted molar refractivity (Wildman–Crippen MR) is 103 cm³/mol. The molecular formula is C19H16ClF2N5O2. The van der Waals surface area contributed by atoms with E-state index in [2.05, 4.69) is 15.0 Å². The minimum Gasteiger partial charge on any atom is -0.370 e. The summed E-state index contributed by atoms with van der Waals surface area (Å²) in [5, 5.41) is 0.0762. The van der Waals surface area contributed by atoms with E-state index in [1.165, 1.54) is 17.0 Å². The van der Waals surface area contributed by atoms with Crippen molar-refractivity contribution in [3.8, 4) is 11.4 Å². The minimum atomic E-state index is -1.02. The number of benzene rings is 1. The van der Waals surface area contributed by atoms with Crippen LogP contribution in [0, 0.1) is 11.6 Å². The van der Waals surface area contributed by atoms with Crippen molar-refractivity contribution in [3.05, 3.63) is 69.4 Å². The monoisotopic (exact) mass is 419 g/mol. The molecule has 10 heteroatoms.